The summed E-state index contributed by atoms with van der Waals surface area (Å²) < 4.78 is 6.79. The van der Waals surface area contributed by atoms with Crippen molar-refractivity contribution in [2.45, 2.75) is 46.7 Å². The fourth-order valence-corrected chi connectivity index (χ4v) is 4.00. The minimum absolute atomic E-state index is 0.202. The summed E-state index contributed by atoms with van der Waals surface area (Å²) in [4.78, 5) is 31.0. The van der Waals surface area contributed by atoms with Crippen LogP contribution in [0.2, 0.25) is 0 Å². The molecule has 1 unspecified atom stereocenters. The van der Waals surface area contributed by atoms with Crippen LogP contribution < -0.4 is 11.2 Å². The summed E-state index contributed by atoms with van der Waals surface area (Å²) in [7, 11) is 1.67. The van der Waals surface area contributed by atoms with Crippen LogP contribution in [0, 0.1) is 13.8 Å². The Morgan fingerprint density at radius 3 is 2.47 bits per heavy atom. The Balaban J connectivity index is 1.94. The number of hydrogen-bond acceptors (Lipinski definition) is 3. The Bertz CT molecular complexity index is 1380. The maximum absolute atomic E-state index is 13.4. The summed E-state index contributed by atoms with van der Waals surface area (Å²) in [5.74, 6) is 0.707. The lowest BCUT2D eigenvalue weighted by molar-refractivity contribution is 0.532. The third-order valence-electron chi connectivity index (χ3n) is 5.99. The van der Waals surface area contributed by atoms with E-state index in [1.807, 2.05) is 60.7 Å². The third kappa shape index (κ3) is 2.93. The van der Waals surface area contributed by atoms with Crippen LogP contribution in [0.15, 0.2) is 46.0 Å². The quantitative estimate of drug-likeness (QED) is 0.511. The zero-order chi connectivity index (χ0) is 21.6. The number of hydrogen-bond donors (Lipinski definition) is 0. The fourth-order valence-electron chi connectivity index (χ4n) is 4.00. The number of imidazole rings is 2. The van der Waals surface area contributed by atoms with Gasteiger partial charge in [-0.3, -0.25) is 18.3 Å². The Kier molecular flexibility index (Phi) is 4.97. The molecule has 0 bridgehead atoms. The molecule has 30 heavy (non-hydrogen) atoms. The molecule has 3 heterocycles. The second-order valence-electron chi connectivity index (χ2n) is 7.79. The van der Waals surface area contributed by atoms with Crippen molar-refractivity contribution >= 4 is 23.0 Å². The molecule has 0 amide bonds. The Morgan fingerprint density at radius 2 is 1.80 bits per heavy atom. The van der Waals surface area contributed by atoms with Crippen LogP contribution in [-0.4, -0.2) is 23.1 Å². The Morgan fingerprint density at radius 1 is 1.10 bits per heavy atom. The zero-order valence-electron chi connectivity index (χ0n) is 18.1. The van der Waals surface area contributed by atoms with Gasteiger partial charge >= 0.3 is 5.69 Å². The third-order valence-corrected chi connectivity index (χ3v) is 5.99. The molecule has 7 nitrogen and oxygen atoms in total. The van der Waals surface area contributed by atoms with Gasteiger partial charge in [0.1, 0.15) is 0 Å². The van der Waals surface area contributed by atoms with Crippen molar-refractivity contribution in [3.8, 4) is 0 Å². The molecule has 0 saturated heterocycles. The first-order valence-electron chi connectivity index (χ1n) is 10.3. The van der Waals surface area contributed by atoms with E-state index in [4.69, 9.17) is 4.98 Å². The highest BCUT2D eigenvalue weighted by molar-refractivity contribution is 5.76. The number of aryl methyl sites for hydroxylation is 2. The van der Waals surface area contributed by atoms with E-state index < -0.39 is 0 Å². The summed E-state index contributed by atoms with van der Waals surface area (Å²) in [5, 5.41) is 0. The van der Waals surface area contributed by atoms with Gasteiger partial charge in [-0.1, -0.05) is 49.4 Å². The molecule has 156 valence electrons. The van der Waals surface area contributed by atoms with Crippen molar-refractivity contribution in [3.63, 3.8) is 0 Å². The van der Waals surface area contributed by atoms with Gasteiger partial charge < -0.3 is 4.57 Å². The molecule has 0 aliphatic heterocycles. The van der Waals surface area contributed by atoms with E-state index in [0.717, 1.165) is 23.4 Å². The van der Waals surface area contributed by atoms with Crippen LogP contribution >= 0.6 is 0 Å². The summed E-state index contributed by atoms with van der Waals surface area (Å²) in [6.07, 6.45) is 4.70. The Labute approximate surface area is 174 Å². The number of fused-ring (bicyclic) bond motifs is 3. The van der Waals surface area contributed by atoms with Crippen molar-refractivity contribution in [3.05, 3.63) is 74.2 Å². The molecule has 0 N–H and O–H groups in total. The van der Waals surface area contributed by atoms with Crippen LogP contribution in [0.25, 0.3) is 23.0 Å². The number of benzene rings is 1. The van der Waals surface area contributed by atoms with Gasteiger partial charge in [-0.05, 0) is 32.8 Å². The van der Waals surface area contributed by atoms with Crippen LogP contribution in [0.5, 0.6) is 0 Å². The molecule has 0 aliphatic carbocycles. The molecular formula is C23H27N5O2. The SMILES string of the molecule is CCC(C)n1c(C)c(C)n2c3c(=O)n(CC=Cc4ccccc4)c(=O)n(C)c3nc12. The van der Waals surface area contributed by atoms with Crippen molar-refractivity contribution in [1.82, 2.24) is 23.1 Å². The van der Waals surface area contributed by atoms with E-state index in [1.165, 1.54) is 9.13 Å². The largest absolute Gasteiger partial charge is 0.332 e. The molecule has 0 radical (unpaired) electrons. The smallest absolute Gasteiger partial charge is 0.311 e. The topological polar surface area (TPSA) is 66.2 Å². The molecule has 3 aromatic heterocycles. The van der Waals surface area contributed by atoms with E-state index in [2.05, 4.69) is 18.4 Å². The van der Waals surface area contributed by atoms with E-state index >= 15 is 0 Å². The first-order chi connectivity index (χ1) is 14.4. The van der Waals surface area contributed by atoms with E-state index in [0.29, 0.717) is 16.9 Å². The molecule has 1 aromatic carbocycles. The molecule has 0 fully saturated rings. The highest BCUT2D eigenvalue weighted by Gasteiger charge is 2.23. The molecular weight excluding hydrogens is 378 g/mol. The van der Waals surface area contributed by atoms with Gasteiger partial charge in [0.2, 0.25) is 5.78 Å². The van der Waals surface area contributed by atoms with Crippen LogP contribution in [0.1, 0.15) is 43.3 Å². The Hall–Kier alpha value is -3.35. The number of allylic oxidation sites excluding steroid dienone is 1. The molecule has 4 rings (SSSR count). The minimum atomic E-state index is -0.365. The lowest BCUT2D eigenvalue weighted by Gasteiger charge is -2.13. The van der Waals surface area contributed by atoms with Gasteiger partial charge in [-0.25, -0.2) is 4.79 Å². The van der Waals surface area contributed by atoms with Gasteiger partial charge in [0.15, 0.2) is 11.2 Å². The highest BCUT2D eigenvalue weighted by atomic mass is 16.2. The molecule has 0 spiro atoms. The normalized spacial score (nSPS) is 13.1. The molecule has 4 aromatic rings. The fraction of sp³-hybridized carbons (Fsp3) is 0.348. The standard InChI is InChI=1S/C23H27N5O2/c1-6-15(2)27-16(3)17(4)28-19-20(24-22(27)28)25(5)23(30)26(21(19)29)14-10-13-18-11-8-7-9-12-18/h7-13,15H,6,14H2,1-5H3. The van der Waals surface area contributed by atoms with E-state index in [1.54, 1.807) is 7.05 Å². The summed E-state index contributed by atoms with van der Waals surface area (Å²) in [6.45, 7) is 8.50. The number of rotatable bonds is 5. The van der Waals surface area contributed by atoms with Crippen molar-refractivity contribution in [2.75, 3.05) is 0 Å². The minimum Gasteiger partial charge on any atom is -0.311 e. The number of nitrogens with zero attached hydrogens (tertiary/aromatic N) is 5. The first kappa shape index (κ1) is 19.9. The second-order valence-corrected chi connectivity index (χ2v) is 7.79. The second kappa shape index (κ2) is 7.48. The van der Waals surface area contributed by atoms with Crippen LogP contribution in [0.4, 0.5) is 0 Å². The monoisotopic (exact) mass is 405 g/mol. The first-order valence-corrected chi connectivity index (χ1v) is 10.3. The van der Waals surface area contributed by atoms with Gasteiger partial charge in [0.05, 0.1) is 0 Å². The van der Waals surface area contributed by atoms with Crippen LogP contribution in [0.3, 0.4) is 0 Å². The molecule has 0 saturated carbocycles. The lowest BCUT2D eigenvalue weighted by Crippen LogP contribution is -2.39. The number of aromatic nitrogens is 5. The van der Waals surface area contributed by atoms with Crippen molar-refractivity contribution in [2.24, 2.45) is 7.05 Å². The van der Waals surface area contributed by atoms with Crippen molar-refractivity contribution < 1.29 is 0 Å². The van der Waals surface area contributed by atoms with E-state index in [9.17, 15) is 9.59 Å². The molecule has 7 heteroatoms. The van der Waals surface area contributed by atoms with Gasteiger partial charge in [-0.15, -0.1) is 0 Å². The highest BCUT2D eigenvalue weighted by Crippen LogP contribution is 2.25. The molecule has 1 atom stereocenters. The zero-order valence-corrected chi connectivity index (χ0v) is 18.1. The maximum atomic E-state index is 13.4. The van der Waals surface area contributed by atoms with Crippen LogP contribution in [-0.2, 0) is 13.6 Å². The summed E-state index contributed by atoms with van der Waals surface area (Å²) in [6, 6.07) is 10.0. The van der Waals surface area contributed by atoms with Gasteiger partial charge in [0, 0.05) is 31.0 Å². The average molecular weight is 406 g/mol. The van der Waals surface area contributed by atoms with Gasteiger partial charge in [-0.2, -0.15) is 4.98 Å². The molecule has 0 aliphatic rings. The maximum Gasteiger partial charge on any atom is 0.332 e. The van der Waals surface area contributed by atoms with E-state index in [-0.39, 0.29) is 23.8 Å². The predicted octanol–water partition coefficient (Wildman–Crippen LogP) is 3.45. The van der Waals surface area contributed by atoms with Gasteiger partial charge in [0.25, 0.3) is 5.56 Å². The lowest BCUT2D eigenvalue weighted by atomic mass is 10.2. The summed E-state index contributed by atoms with van der Waals surface area (Å²) >= 11 is 0. The van der Waals surface area contributed by atoms with Crippen molar-refractivity contribution in [1.29, 1.82) is 0 Å². The predicted molar refractivity (Wildman–Crippen MR) is 120 cm³/mol. The average Bonchev–Trinajstić information content (AvgIpc) is 3.25. The summed E-state index contributed by atoms with van der Waals surface area (Å²) in [5.41, 5.74) is 3.25.